The Labute approximate surface area is 147 Å². The molecule has 1 atom stereocenters. The monoisotopic (exact) mass is 364 g/mol. The number of carbonyl (C=O) groups excluding carboxylic acids is 1. The minimum atomic E-state index is -3.67. The van der Waals surface area contributed by atoms with E-state index in [-0.39, 0.29) is 24.7 Å². The molecular weight excluding hydrogens is 343 g/mol. The molecule has 5 nitrogen and oxygen atoms in total. The first kappa shape index (κ1) is 19.1. The van der Waals surface area contributed by atoms with E-state index in [1.54, 1.807) is 6.07 Å². The summed E-state index contributed by atoms with van der Waals surface area (Å²) in [7, 11) is -3.67. The van der Waals surface area contributed by atoms with Crippen molar-refractivity contribution in [1.29, 1.82) is 0 Å². The first-order valence-corrected chi connectivity index (χ1v) is 9.65. The summed E-state index contributed by atoms with van der Waals surface area (Å²) >= 11 is 0. The molecule has 1 N–H and O–H groups in total. The first-order chi connectivity index (χ1) is 11.8. The van der Waals surface area contributed by atoms with Gasteiger partial charge in [0.2, 0.25) is 15.9 Å². The van der Waals surface area contributed by atoms with Crippen molar-refractivity contribution in [1.82, 2.24) is 9.62 Å². The second-order valence-corrected chi connectivity index (χ2v) is 7.80. The molecule has 134 valence electrons. The minimum absolute atomic E-state index is 0.196. The molecule has 0 bridgehead atoms. The van der Waals surface area contributed by atoms with Crippen molar-refractivity contribution in [3.63, 3.8) is 0 Å². The summed E-state index contributed by atoms with van der Waals surface area (Å²) in [5, 5.41) is 2.76. The van der Waals surface area contributed by atoms with Gasteiger partial charge in [0.1, 0.15) is 5.82 Å². The summed E-state index contributed by atoms with van der Waals surface area (Å²) < 4.78 is 38.7. The minimum Gasteiger partial charge on any atom is -0.348 e. The molecule has 2 rings (SSSR count). The molecule has 2 aromatic carbocycles. The molecule has 0 spiro atoms. The normalized spacial score (nSPS) is 12.8. The van der Waals surface area contributed by atoms with Gasteiger partial charge < -0.3 is 5.32 Å². The molecule has 0 aromatic heterocycles. The van der Waals surface area contributed by atoms with Gasteiger partial charge in [-0.2, -0.15) is 4.31 Å². The van der Waals surface area contributed by atoms with Gasteiger partial charge in [0.25, 0.3) is 0 Å². The van der Waals surface area contributed by atoms with Crippen LogP contribution < -0.4 is 5.32 Å². The number of nitrogens with zero attached hydrogens (tertiary/aromatic N) is 1. The van der Waals surface area contributed by atoms with Crippen LogP contribution in [0.4, 0.5) is 4.39 Å². The van der Waals surface area contributed by atoms with E-state index in [9.17, 15) is 17.6 Å². The lowest BCUT2D eigenvalue weighted by Crippen LogP contribution is -2.40. The van der Waals surface area contributed by atoms with E-state index in [0.717, 1.165) is 16.1 Å². The van der Waals surface area contributed by atoms with Crippen molar-refractivity contribution in [3.05, 3.63) is 71.5 Å². The van der Waals surface area contributed by atoms with Gasteiger partial charge in [-0.05, 0) is 18.6 Å². The number of amides is 1. The Hall–Kier alpha value is -2.25. The maximum atomic E-state index is 13.8. The lowest BCUT2D eigenvalue weighted by atomic mass is 10.1. The Morgan fingerprint density at radius 3 is 2.32 bits per heavy atom. The number of sulfonamides is 1. The molecule has 0 heterocycles. The number of hydrogen-bond donors (Lipinski definition) is 1. The number of halogens is 1. The van der Waals surface area contributed by atoms with Crippen molar-refractivity contribution in [3.8, 4) is 0 Å². The summed E-state index contributed by atoms with van der Waals surface area (Å²) in [4.78, 5) is 12.2. The molecule has 0 aliphatic heterocycles. The molecule has 0 saturated carbocycles. The van der Waals surface area contributed by atoms with Gasteiger partial charge in [0, 0.05) is 12.1 Å². The second kappa shape index (κ2) is 8.22. The van der Waals surface area contributed by atoms with Crippen molar-refractivity contribution in [2.45, 2.75) is 19.5 Å². The van der Waals surface area contributed by atoms with Crippen LogP contribution in [0, 0.1) is 5.82 Å². The van der Waals surface area contributed by atoms with Gasteiger partial charge in [-0.3, -0.25) is 4.79 Å². The van der Waals surface area contributed by atoms with Crippen LogP contribution in [-0.2, 0) is 21.4 Å². The summed E-state index contributed by atoms with van der Waals surface area (Å²) in [6.07, 6.45) is 1.00. The molecular formula is C18H21FN2O3S. The van der Waals surface area contributed by atoms with Gasteiger partial charge in [0.05, 0.1) is 18.8 Å². The Bertz CT molecular complexity index is 825. The van der Waals surface area contributed by atoms with E-state index in [1.807, 2.05) is 37.3 Å². The van der Waals surface area contributed by atoms with Gasteiger partial charge in [-0.25, -0.2) is 12.8 Å². The number of nitrogens with one attached hydrogen (secondary N) is 1. The average Bonchev–Trinajstić information content (AvgIpc) is 2.56. The summed E-state index contributed by atoms with van der Waals surface area (Å²) in [5.74, 6) is -0.952. The standard InChI is InChI=1S/C18H21FN2O3S/c1-14(15-8-4-3-5-9-15)20-18(22)13-21(25(2,23)24)12-16-10-6-7-11-17(16)19/h3-11,14H,12-13H2,1-2H3,(H,20,22). The highest BCUT2D eigenvalue weighted by molar-refractivity contribution is 7.88. The van der Waals surface area contributed by atoms with E-state index in [2.05, 4.69) is 5.32 Å². The number of carbonyl (C=O) groups is 1. The third-order valence-electron chi connectivity index (χ3n) is 3.77. The summed E-state index contributed by atoms with van der Waals surface area (Å²) in [5.41, 5.74) is 1.13. The summed E-state index contributed by atoms with van der Waals surface area (Å²) in [6.45, 7) is 1.25. The fourth-order valence-corrected chi connectivity index (χ4v) is 3.10. The van der Waals surface area contributed by atoms with Gasteiger partial charge in [-0.1, -0.05) is 48.5 Å². The fraction of sp³-hybridized carbons (Fsp3) is 0.278. The zero-order chi connectivity index (χ0) is 18.4. The zero-order valence-corrected chi connectivity index (χ0v) is 15.0. The Kier molecular flexibility index (Phi) is 6.27. The van der Waals surface area contributed by atoms with E-state index >= 15 is 0 Å². The maximum absolute atomic E-state index is 13.8. The largest absolute Gasteiger partial charge is 0.348 e. The first-order valence-electron chi connectivity index (χ1n) is 7.80. The van der Waals surface area contributed by atoms with E-state index in [1.165, 1.54) is 18.2 Å². The van der Waals surface area contributed by atoms with Crippen LogP contribution in [0.25, 0.3) is 0 Å². The molecule has 25 heavy (non-hydrogen) atoms. The highest BCUT2D eigenvalue weighted by Crippen LogP contribution is 2.14. The summed E-state index contributed by atoms with van der Waals surface area (Å²) in [6, 6.07) is 15.0. The molecule has 1 unspecified atom stereocenters. The quantitative estimate of drug-likeness (QED) is 0.821. The smallest absolute Gasteiger partial charge is 0.235 e. The molecule has 0 radical (unpaired) electrons. The van der Waals surface area contributed by atoms with Crippen LogP contribution in [0.1, 0.15) is 24.1 Å². The topological polar surface area (TPSA) is 66.5 Å². The Morgan fingerprint density at radius 2 is 1.72 bits per heavy atom. The molecule has 0 fully saturated rings. The lowest BCUT2D eigenvalue weighted by molar-refractivity contribution is -0.122. The predicted octanol–water partition coefficient (Wildman–Crippen LogP) is 2.46. The molecule has 0 aliphatic rings. The van der Waals surface area contributed by atoms with Crippen LogP contribution >= 0.6 is 0 Å². The van der Waals surface area contributed by atoms with Crippen molar-refractivity contribution < 1.29 is 17.6 Å². The molecule has 7 heteroatoms. The highest BCUT2D eigenvalue weighted by Gasteiger charge is 2.22. The van der Waals surface area contributed by atoms with Crippen LogP contribution in [-0.4, -0.2) is 31.4 Å². The second-order valence-electron chi connectivity index (χ2n) is 5.82. The average molecular weight is 364 g/mol. The number of rotatable bonds is 7. The zero-order valence-electron chi connectivity index (χ0n) is 14.1. The lowest BCUT2D eigenvalue weighted by Gasteiger charge is -2.21. The third-order valence-corrected chi connectivity index (χ3v) is 4.97. The predicted molar refractivity (Wildman–Crippen MR) is 94.7 cm³/mol. The van der Waals surface area contributed by atoms with Crippen LogP contribution in [0.5, 0.6) is 0 Å². The van der Waals surface area contributed by atoms with Crippen LogP contribution in [0.2, 0.25) is 0 Å². The van der Waals surface area contributed by atoms with E-state index in [4.69, 9.17) is 0 Å². The number of hydrogen-bond acceptors (Lipinski definition) is 3. The van der Waals surface area contributed by atoms with Crippen LogP contribution in [0.3, 0.4) is 0 Å². The molecule has 0 saturated heterocycles. The van der Waals surface area contributed by atoms with Crippen LogP contribution in [0.15, 0.2) is 54.6 Å². The van der Waals surface area contributed by atoms with Gasteiger partial charge in [0.15, 0.2) is 0 Å². The SMILES string of the molecule is CC(NC(=O)CN(Cc1ccccc1F)S(C)(=O)=O)c1ccccc1. The van der Waals surface area contributed by atoms with Gasteiger partial charge in [-0.15, -0.1) is 0 Å². The number of benzene rings is 2. The third kappa shape index (κ3) is 5.65. The Balaban J connectivity index is 2.07. The fourth-order valence-electron chi connectivity index (χ4n) is 2.38. The highest BCUT2D eigenvalue weighted by atomic mass is 32.2. The van der Waals surface area contributed by atoms with Crippen molar-refractivity contribution in [2.24, 2.45) is 0 Å². The molecule has 1 amide bonds. The molecule has 2 aromatic rings. The molecule has 0 aliphatic carbocycles. The van der Waals surface area contributed by atoms with Crippen molar-refractivity contribution in [2.75, 3.05) is 12.8 Å². The van der Waals surface area contributed by atoms with E-state index in [0.29, 0.717) is 0 Å². The Morgan fingerprint density at radius 1 is 1.12 bits per heavy atom. The van der Waals surface area contributed by atoms with Gasteiger partial charge >= 0.3 is 0 Å². The van der Waals surface area contributed by atoms with Crippen molar-refractivity contribution >= 4 is 15.9 Å². The maximum Gasteiger partial charge on any atom is 0.235 e. The van der Waals surface area contributed by atoms with E-state index < -0.39 is 21.7 Å².